The molecular weight excluding hydrogens is 266 g/mol. The molecule has 1 saturated heterocycles. The molecule has 19 heavy (non-hydrogen) atoms. The first-order valence-electron chi connectivity index (χ1n) is 6.20. The third-order valence-corrected chi connectivity index (χ3v) is 3.62. The second-order valence-corrected chi connectivity index (χ2v) is 6.42. The van der Waals surface area contributed by atoms with Gasteiger partial charge in [-0.2, -0.15) is 0 Å². The molecule has 0 amide bonds. The van der Waals surface area contributed by atoms with Gasteiger partial charge in [0, 0.05) is 17.9 Å². The van der Waals surface area contributed by atoms with Crippen molar-refractivity contribution in [3.63, 3.8) is 0 Å². The minimum Gasteiger partial charge on any atom is -0.461 e. The largest absolute Gasteiger partial charge is 0.461 e. The van der Waals surface area contributed by atoms with Crippen LogP contribution in [0.4, 0.5) is 4.79 Å². The van der Waals surface area contributed by atoms with E-state index in [4.69, 9.17) is 4.74 Å². The molecule has 0 spiro atoms. The predicted molar refractivity (Wildman–Crippen MR) is 75.2 cm³/mol. The van der Waals surface area contributed by atoms with E-state index in [-0.39, 0.29) is 16.5 Å². The van der Waals surface area contributed by atoms with Gasteiger partial charge in [0.15, 0.2) is 0 Å². The molecular formula is C13H21NO4S. The molecule has 0 aromatic carbocycles. The average Bonchev–Trinajstić information content (AvgIpc) is 2.29. The molecule has 0 bridgehead atoms. The molecule has 1 aliphatic rings. The van der Waals surface area contributed by atoms with Gasteiger partial charge in [-0.25, -0.2) is 9.59 Å². The first-order valence-corrected chi connectivity index (χ1v) is 7.08. The lowest BCUT2D eigenvalue weighted by atomic mass is 10.1. The maximum atomic E-state index is 11.8. The molecule has 0 aromatic rings. The first-order chi connectivity index (χ1) is 8.81. The molecule has 108 valence electrons. The molecule has 6 heteroatoms. The number of nitrogens with one attached hydrogen (secondary N) is 1. The minimum absolute atomic E-state index is 0.0266. The second-order valence-electron chi connectivity index (χ2n) is 5.28. The van der Waals surface area contributed by atoms with E-state index in [1.807, 2.05) is 20.8 Å². The summed E-state index contributed by atoms with van der Waals surface area (Å²) >= 11 is 1.11. The highest BCUT2D eigenvalue weighted by Gasteiger charge is 2.24. The van der Waals surface area contributed by atoms with E-state index in [9.17, 15) is 9.59 Å². The Labute approximate surface area is 118 Å². The fraction of sp³-hybridized carbons (Fsp3) is 0.692. The van der Waals surface area contributed by atoms with E-state index < -0.39 is 5.60 Å². The number of esters is 1. The van der Waals surface area contributed by atoms with Crippen molar-refractivity contribution in [2.75, 3.05) is 20.2 Å². The molecule has 1 N–H and O–H groups in total. The van der Waals surface area contributed by atoms with Crippen LogP contribution in [0.25, 0.3) is 0 Å². The van der Waals surface area contributed by atoms with Crippen LogP contribution in [0.15, 0.2) is 11.6 Å². The fourth-order valence-corrected chi connectivity index (χ4v) is 2.56. The summed E-state index contributed by atoms with van der Waals surface area (Å²) in [5.41, 5.74) is 0.359. The molecule has 0 aliphatic carbocycles. The molecule has 1 aliphatic heterocycles. The molecule has 0 aromatic heterocycles. The van der Waals surface area contributed by atoms with Crippen LogP contribution in [0.5, 0.6) is 0 Å². The van der Waals surface area contributed by atoms with Gasteiger partial charge in [0.2, 0.25) is 0 Å². The van der Waals surface area contributed by atoms with Gasteiger partial charge in [-0.15, -0.1) is 0 Å². The number of ether oxygens (including phenoxy) is 2. The van der Waals surface area contributed by atoms with Crippen molar-refractivity contribution in [3.8, 4) is 0 Å². The van der Waals surface area contributed by atoms with Crippen molar-refractivity contribution in [1.82, 2.24) is 5.32 Å². The van der Waals surface area contributed by atoms with Gasteiger partial charge < -0.3 is 14.8 Å². The number of thioether (sulfide) groups is 1. The summed E-state index contributed by atoms with van der Waals surface area (Å²) in [5, 5.41) is 2.82. The van der Waals surface area contributed by atoms with Crippen molar-refractivity contribution in [2.24, 2.45) is 0 Å². The second kappa shape index (κ2) is 6.96. The van der Waals surface area contributed by atoms with E-state index in [0.717, 1.165) is 30.3 Å². The normalized spacial score (nSPS) is 22.1. The van der Waals surface area contributed by atoms with Crippen LogP contribution in [0.3, 0.4) is 0 Å². The first kappa shape index (κ1) is 16.0. The molecule has 1 atom stereocenters. The molecule has 1 fully saturated rings. The lowest BCUT2D eigenvalue weighted by molar-refractivity contribution is -0.148. The van der Waals surface area contributed by atoms with Crippen molar-refractivity contribution < 1.29 is 19.1 Å². The van der Waals surface area contributed by atoms with Crippen molar-refractivity contribution in [2.45, 2.75) is 38.0 Å². The third kappa shape index (κ3) is 6.11. The maximum Gasteiger partial charge on any atom is 0.367 e. The van der Waals surface area contributed by atoms with Crippen molar-refractivity contribution in [3.05, 3.63) is 11.6 Å². The summed E-state index contributed by atoms with van der Waals surface area (Å²) in [4.78, 5) is 23.1. The van der Waals surface area contributed by atoms with Gasteiger partial charge >= 0.3 is 11.3 Å². The SMILES string of the molecule is COC(=O)SC1CCNC/C1=C/C(=O)OC(C)(C)C. The molecule has 1 unspecified atom stereocenters. The molecule has 1 rings (SSSR count). The van der Waals surface area contributed by atoms with Crippen LogP contribution < -0.4 is 5.32 Å². The van der Waals surface area contributed by atoms with Crippen molar-refractivity contribution >= 4 is 23.0 Å². The number of methoxy groups -OCH3 is 1. The van der Waals surface area contributed by atoms with E-state index in [2.05, 4.69) is 10.1 Å². The Morgan fingerprint density at radius 1 is 1.42 bits per heavy atom. The average molecular weight is 287 g/mol. The molecule has 0 radical (unpaired) electrons. The number of hydrogen-bond donors (Lipinski definition) is 1. The Hall–Kier alpha value is -1.01. The number of rotatable bonds is 2. The van der Waals surface area contributed by atoms with Gasteiger partial charge in [-0.05, 0) is 51.1 Å². The van der Waals surface area contributed by atoms with Crippen LogP contribution in [0.1, 0.15) is 27.2 Å². The van der Waals surface area contributed by atoms with E-state index >= 15 is 0 Å². The Morgan fingerprint density at radius 2 is 2.11 bits per heavy atom. The van der Waals surface area contributed by atoms with Crippen LogP contribution >= 0.6 is 11.8 Å². The Morgan fingerprint density at radius 3 is 2.68 bits per heavy atom. The summed E-state index contributed by atoms with van der Waals surface area (Å²) in [5.74, 6) is -0.373. The summed E-state index contributed by atoms with van der Waals surface area (Å²) in [6, 6.07) is 0. The lowest BCUT2D eigenvalue weighted by Crippen LogP contribution is -2.33. The van der Waals surface area contributed by atoms with Crippen LogP contribution in [0, 0.1) is 0 Å². The highest BCUT2D eigenvalue weighted by atomic mass is 32.2. The van der Waals surface area contributed by atoms with Gasteiger partial charge in [0.25, 0.3) is 0 Å². The fourth-order valence-electron chi connectivity index (χ4n) is 1.69. The predicted octanol–water partition coefficient (Wildman–Crippen LogP) is 2.12. The summed E-state index contributed by atoms with van der Waals surface area (Å²) in [6.07, 6.45) is 2.27. The zero-order chi connectivity index (χ0) is 14.5. The van der Waals surface area contributed by atoms with Gasteiger partial charge in [0.1, 0.15) is 5.60 Å². The Bertz CT molecular complexity index is 373. The van der Waals surface area contributed by atoms with E-state index in [1.165, 1.54) is 13.2 Å². The topological polar surface area (TPSA) is 64.6 Å². The smallest absolute Gasteiger partial charge is 0.367 e. The Balaban J connectivity index is 2.70. The number of hydrogen-bond acceptors (Lipinski definition) is 6. The van der Waals surface area contributed by atoms with Crippen molar-refractivity contribution in [1.29, 1.82) is 0 Å². The lowest BCUT2D eigenvalue weighted by Gasteiger charge is -2.25. The van der Waals surface area contributed by atoms with Crippen LogP contribution in [-0.4, -0.2) is 42.3 Å². The standard InChI is InChI=1S/C13H21NO4S/c1-13(2,3)18-11(15)7-9-8-14-6-5-10(9)19-12(16)17-4/h7,10,14H,5-6,8H2,1-4H3/b9-7-. The molecule has 1 heterocycles. The highest BCUT2D eigenvalue weighted by molar-refractivity contribution is 8.13. The van der Waals surface area contributed by atoms with Gasteiger partial charge in [-0.3, -0.25) is 0 Å². The maximum absolute atomic E-state index is 11.8. The summed E-state index contributed by atoms with van der Waals surface area (Å²) < 4.78 is 9.90. The molecule has 5 nitrogen and oxygen atoms in total. The van der Waals surface area contributed by atoms with Crippen LogP contribution in [0.2, 0.25) is 0 Å². The number of piperidine rings is 1. The highest BCUT2D eigenvalue weighted by Crippen LogP contribution is 2.26. The summed E-state index contributed by atoms with van der Waals surface area (Å²) in [6.45, 7) is 6.88. The van der Waals surface area contributed by atoms with E-state index in [0.29, 0.717) is 6.54 Å². The zero-order valence-electron chi connectivity index (χ0n) is 11.8. The van der Waals surface area contributed by atoms with Gasteiger partial charge in [-0.1, -0.05) is 0 Å². The number of carbonyl (C=O) groups excluding carboxylic acids is 2. The summed E-state index contributed by atoms with van der Waals surface area (Å²) in [7, 11) is 1.35. The third-order valence-electron chi connectivity index (χ3n) is 2.44. The van der Waals surface area contributed by atoms with Gasteiger partial charge in [0.05, 0.1) is 7.11 Å². The van der Waals surface area contributed by atoms with E-state index in [1.54, 1.807) is 0 Å². The number of carbonyl (C=O) groups is 2. The Kier molecular flexibility index (Phi) is 5.87. The zero-order valence-corrected chi connectivity index (χ0v) is 12.6. The monoisotopic (exact) mass is 287 g/mol. The van der Waals surface area contributed by atoms with Crippen LogP contribution in [-0.2, 0) is 14.3 Å². The minimum atomic E-state index is -0.513. The quantitative estimate of drug-likeness (QED) is 0.620. The molecule has 0 saturated carbocycles.